The molecule has 1 N–H and O–H groups in total. The van der Waals surface area contributed by atoms with E-state index < -0.39 is 0 Å². The van der Waals surface area contributed by atoms with Crippen molar-refractivity contribution in [3.05, 3.63) is 47.7 Å². The van der Waals surface area contributed by atoms with Crippen molar-refractivity contribution in [3.63, 3.8) is 0 Å². The van der Waals surface area contributed by atoms with E-state index in [0.717, 1.165) is 5.56 Å². The summed E-state index contributed by atoms with van der Waals surface area (Å²) in [7, 11) is 3.60. The molecule has 1 aliphatic rings. The number of carbonyl (C=O) groups is 2. The fraction of sp³-hybridized carbons (Fsp3) is 0.333. The van der Waals surface area contributed by atoms with Crippen molar-refractivity contribution in [1.29, 1.82) is 0 Å². The fourth-order valence-electron chi connectivity index (χ4n) is 2.18. The third-order valence-corrected chi connectivity index (χ3v) is 3.10. The first-order chi connectivity index (χ1) is 9.08. The van der Waals surface area contributed by atoms with Gasteiger partial charge in [-0.15, -0.1) is 0 Å². The van der Waals surface area contributed by atoms with Crippen LogP contribution in [0.2, 0.25) is 0 Å². The third-order valence-electron chi connectivity index (χ3n) is 3.10. The highest BCUT2D eigenvalue weighted by atomic mass is 16.2. The molecule has 4 nitrogen and oxygen atoms in total. The molecule has 1 aromatic carbocycles. The van der Waals surface area contributed by atoms with E-state index in [1.807, 2.05) is 30.3 Å². The van der Waals surface area contributed by atoms with Crippen LogP contribution in [0.25, 0.3) is 0 Å². The van der Waals surface area contributed by atoms with Crippen LogP contribution in [0.3, 0.4) is 0 Å². The highest BCUT2D eigenvalue weighted by molar-refractivity contribution is 6.21. The van der Waals surface area contributed by atoms with E-state index in [1.54, 1.807) is 25.2 Å². The zero-order valence-corrected chi connectivity index (χ0v) is 11.2. The molecular formula is C15H18N2O2. The quantitative estimate of drug-likeness (QED) is 0.650. The lowest BCUT2D eigenvalue weighted by molar-refractivity contribution is -0.127. The largest absolute Gasteiger partial charge is 0.383 e. The zero-order chi connectivity index (χ0) is 13.8. The second-order valence-corrected chi connectivity index (χ2v) is 4.97. The SMILES string of the molecule is CN(C)/C=C1\C(=O)NC[C@H](Cc2ccccc2)C1=O. The molecule has 0 bridgehead atoms. The number of carbonyl (C=O) groups excluding carboxylic acids is 2. The van der Waals surface area contributed by atoms with E-state index in [-0.39, 0.29) is 23.2 Å². The lowest BCUT2D eigenvalue weighted by atomic mass is 9.88. The predicted molar refractivity (Wildman–Crippen MR) is 73.4 cm³/mol. The Labute approximate surface area is 113 Å². The minimum atomic E-state index is -0.275. The van der Waals surface area contributed by atoms with Crippen LogP contribution in [0, 0.1) is 5.92 Å². The molecule has 0 saturated carbocycles. The van der Waals surface area contributed by atoms with Crippen molar-refractivity contribution in [2.45, 2.75) is 6.42 Å². The molecule has 19 heavy (non-hydrogen) atoms. The molecule has 0 unspecified atom stereocenters. The van der Waals surface area contributed by atoms with Gasteiger partial charge in [-0.3, -0.25) is 9.59 Å². The van der Waals surface area contributed by atoms with Gasteiger partial charge in [0.05, 0.1) is 5.57 Å². The van der Waals surface area contributed by atoms with E-state index in [1.165, 1.54) is 0 Å². The Balaban J connectivity index is 2.15. The summed E-state index contributed by atoms with van der Waals surface area (Å²) in [5, 5.41) is 2.78. The van der Waals surface area contributed by atoms with Gasteiger partial charge in [0.25, 0.3) is 5.91 Å². The molecule has 1 atom stereocenters. The number of nitrogens with zero attached hydrogens (tertiary/aromatic N) is 1. The highest BCUT2D eigenvalue weighted by Gasteiger charge is 2.32. The summed E-state index contributed by atoms with van der Waals surface area (Å²) in [6.45, 7) is 0.414. The Morgan fingerprint density at radius 3 is 2.58 bits per heavy atom. The lowest BCUT2D eigenvalue weighted by Gasteiger charge is -2.24. The number of ketones is 1. The van der Waals surface area contributed by atoms with Crippen LogP contribution in [0.4, 0.5) is 0 Å². The van der Waals surface area contributed by atoms with E-state index in [0.29, 0.717) is 13.0 Å². The van der Waals surface area contributed by atoms with Gasteiger partial charge in [0.2, 0.25) is 0 Å². The summed E-state index contributed by atoms with van der Waals surface area (Å²) < 4.78 is 0. The second kappa shape index (κ2) is 5.69. The average Bonchev–Trinajstić information content (AvgIpc) is 2.39. The number of piperidine rings is 1. The van der Waals surface area contributed by atoms with E-state index in [4.69, 9.17) is 0 Å². The van der Waals surface area contributed by atoms with Gasteiger partial charge < -0.3 is 10.2 Å². The standard InChI is InChI=1S/C15H18N2O2/c1-17(2)10-13-14(18)12(9-16-15(13)19)8-11-6-4-3-5-7-11/h3-7,10,12H,8-9H2,1-2H3,(H,16,19)/b13-10-/t12-/m0/s1. The number of nitrogens with one attached hydrogen (secondary N) is 1. The molecule has 1 fully saturated rings. The summed E-state index contributed by atoms with van der Waals surface area (Å²) in [6, 6.07) is 9.86. The van der Waals surface area contributed by atoms with Gasteiger partial charge in [-0.1, -0.05) is 30.3 Å². The van der Waals surface area contributed by atoms with Crippen LogP contribution in [0.1, 0.15) is 5.56 Å². The number of benzene rings is 1. The molecule has 1 aromatic rings. The summed E-state index contributed by atoms with van der Waals surface area (Å²) in [4.78, 5) is 25.8. The van der Waals surface area contributed by atoms with E-state index >= 15 is 0 Å². The van der Waals surface area contributed by atoms with Crippen molar-refractivity contribution in [2.75, 3.05) is 20.6 Å². The average molecular weight is 258 g/mol. The summed E-state index contributed by atoms with van der Waals surface area (Å²) in [5.74, 6) is -0.518. The van der Waals surface area contributed by atoms with Crippen molar-refractivity contribution in [2.24, 2.45) is 5.92 Å². The van der Waals surface area contributed by atoms with Crippen molar-refractivity contribution >= 4 is 11.7 Å². The molecule has 0 aliphatic carbocycles. The Hall–Kier alpha value is -2.10. The van der Waals surface area contributed by atoms with Crippen molar-refractivity contribution < 1.29 is 9.59 Å². The molecule has 1 saturated heterocycles. The van der Waals surface area contributed by atoms with E-state index in [2.05, 4.69) is 5.32 Å². The number of hydrogen-bond donors (Lipinski definition) is 1. The first kappa shape index (κ1) is 13.3. The van der Waals surface area contributed by atoms with Crippen molar-refractivity contribution in [1.82, 2.24) is 10.2 Å². The van der Waals surface area contributed by atoms with Crippen LogP contribution < -0.4 is 5.32 Å². The van der Waals surface area contributed by atoms with Crippen LogP contribution in [-0.4, -0.2) is 37.2 Å². The minimum Gasteiger partial charge on any atom is -0.383 e. The van der Waals surface area contributed by atoms with Gasteiger partial charge in [-0.05, 0) is 12.0 Å². The third kappa shape index (κ3) is 3.22. The first-order valence-electron chi connectivity index (χ1n) is 6.32. The minimum absolute atomic E-state index is 0.0682. The van der Waals surface area contributed by atoms with Gasteiger partial charge in [-0.25, -0.2) is 0 Å². The number of rotatable bonds is 3. The Kier molecular flexibility index (Phi) is 4.00. The second-order valence-electron chi connectivity index (χ2n) is 4.97. The molecular weight excluding hydrogens is 240 g/mol. The lowest BCUT2D eigenvalue weighted by Crippen LogP contribution is -2.44. The fourth-order valence-corrected chi connectivity index (χ4v) is 2.18. The summed E-state index contributed by atoms with van der Waals surface area (Å²) in [6.07, 6.45) is 2.25. The van der Waals surface area contributed by atoms with Gasteiger partial charge in [0.15, 0.2) is 5.78 Å². The zero-order valence-electron chi connectivity index (χ0n) is 11.2. The molecule has 1 aliphatic heterocycles. The molecule has 100 valence electrons. The Morgan fingerprint density at radius 1 is 1.26 bits per heavy atom. The molecule has 0 radical (unpaired) electrons. The van der Waals surface area contributed by atoms with Crippen LogP contribution in [0.15, 0.2) is 42.1 Å². The molecule has 0 spiro atoms. The molecule has 2 rings (SSSR count). The maximum absolute atomic E-state index is 12.3. The molecule has 4 heteroatoms. The highest BCUT2D eigenvalue weighted by Crippen LogP contribution is 2.17. The maximum Gasteiger partial charge on any atom is 0.256 e. The van der Waals surface area contributed by atoms with Crippen LogP contribution in [0.5, 0.6) is 0 Å². The van der Waals surface area contributed by atoms with E-state index in [9.17, 15) is 9.59 Å². The smallest absolute Gasteiger partial charge is 0.256 e. The van der Waals surface area contributed by atoms with Crippen molar-refractivity contribution in [3.8, 4) is 0 Å². The number of amides is 1. The first-order valence-corrected chi connectivity index (χ1v) is 6.32. The normalized spacial score (nSPS) is 21.4. The summed E-state index contributed by atoms with van der Waals surface area (Å²) in [5.41, 5.74) is 1.36. The predicted octanol–water partition coefficient (Wildman–Crippen LogP) is 0.990. The topological polar surface area (TPSA) is 49.4 Å². The van der Waals surface area contributed by atoms with Gasteiger partial charge in [0, 0.05) is 32.8 Å². The van der Waals surface area contributed by atoms with Gasteiger partial charge in [0.1, 0.15) is 0 Å². The number of hydrogen-bond acceptors (Lipinski definition) is 3. The molecule has 0 aromatic heterocycles. The monoisotopic (exact) mass is 258 g/mol. The Morgan fingerprint density at radius 2 is 1.95 bits per heavy atom. The molecule has 1 amide bonds. The van der Waals surface area contributed by atoms with Gasteiger partial charge in [-0.2, -0.15) is 0 Å². The van der Waals surface area contributed by atoms with Crippen LogP contribution in [-0.2, 0) is 16.0 Å². The maximum atomic E-state index is 12.3. The Bertz CT molecular complexity index is 506. The molecule has 1 heterocycles. The summed E-state index contributed by atoms with van der Waals surface area (Å²) >= 11 is 0. The number of Topliss-reactive ketones (excluding diaryl/α,β-unsaturated/α-hetero) is 1. The van der Waals surface area contributed by atoms with Crippen LogP contribution >= 0.6 is 0 Å². The van der Waals surface area contributed by atoms with Gasteiger partial charge >= 0.3 is 0 Å².